The Morgan fingerprint density at radius 2 is 0.375 bits per heavy atom. The van der Waals surface area contributed by atoms with Crippen LogP contribution in [0.15, 0.2) is 72.8 Å². The van der Waals surface area contributed by atoms with Gasteiger partial charge in [0.25, 0.3) is 0 Å². The van der Waals surface area contributed by atoms with Gasteiger partial charge in [0.2, 0.25) is 0 Å². The van der Waals surface area contributed by atoms with Gasteiger partial charge in [-0.2, -0.15) is 0 Å². The Bertz CT molecular complexity index is 1620. The molecule has 344 valence electrons. The molecule has 12 nitrogen and oxygen atoms in total. The SMILES string of the molecule is c1cc2nc(c1)CN[C@H]1CCCC[C@H]1NCc1cccc(n1)CN[C@H]1CCCC[C@@H]1NCc1cccc(n1)CN[C@@H]1CCCC[C@@H]1NCc1cccc(n1)CN[C@H]1CCCC[C@@H]1NC2. The van der Waals surface area contributed by atoms with E-state index < -0.39 is 0 Å². The molecule has 9 rings (SSSR count). The molecule has 0 unspecified atom stereocenters. The van der Waals surface area contributed by atoms with Crippen molar-refractivity contribution >= 4 is 0 Å². The van der Waals surface area contributed by atoms with Crippen molar-refractivity contribution in [1.82, 2.24) is 62.5 Å². The molecule has 1 aliphatic heterocycles. The highest BCUT2D eigenvalue weighted by atomic mass is 15.1. The summed E-state index contributed by atoms with van der Waals surface area (Å²) >= 11 is 0. The molecule has 4 fully saturated rings. The maximum Gasteiger partial charge on any atom is 0.0545 e. The van der Waals surface area contributed by atoms with Crippen LogP contribution in [0.5, 0.6) is 0 Å². The summed E-state index contributed by atoms with van der Waals surface area (Å²) < 4.78 is 0. The minimum atomic E-state index is 0.411. The molecule has 8 bridgehead atoms. The van der Waals surface area contributed by atoms with E-state index in [0.717, 1.165) is 97.9 Å². The number of aromatic nitrogens is 4. The molecule has 12 heteroatoms. The fourth-order valence-corrected chi connectivity index (χ4v) is 11.3. The van der Waals surface area contributed by atoms with E-state index in [1.165, 1.54) is 103 Å². The van der Waals surface area contributed by atoms with Crippen molar-refractivity contribution in [1.29, 1.82) is 0 Å². The van der Waals surface area contributed by atoms with Crippen LogP contribution < -0.4 is 42.5 Å². The average Bonchev–Trinajstić information content (AvgIpc) is 3.35. The summed E-state index contributed by atoms with van der Waals surface area (Å²) in [6, 6.07) is 29.4. The Morgan fingerprint density at radius 1 is 0.234 bits per heavy atom. The van der Waals surface area contributed by atoms with Gasteiger partial charge in [0, 0.05) is 101 Å². The predicted octanol–water partition coefficient (Wildman–Crippen LogP) is 6.34. The molecule has 0 saturated heterocycles. The fraction of sp³-hybridized carbons (Fsp3) is 0.615. The Morgan fingerprint density at radius 3 is 0.516 bits per heavy atom. The van der Waals surface area contributed by atoms with Gasteiger partial charge in [-0.05, 0) is 99.9 Å². The number of fused-ring (bicyclic) bond motifs is 12. The summed E-state index contributed by atoms with van der Waals surface area (Å²) in [5.41, 5.74) is 8.92. The van der Waals surface area contributed by atoms with Gasteiger partial charge in [0.15, 0.2) is 0 Å². The van der Waals surface area contributed by atoms with Gasteiger partial charge in [-0.15, -0.1) is 0 Å². The highest BCUT2D eigenvalue weighted by Crippen LogP contribution is 2.24. The summed E-state index contributed by atoms with van der Waals surface area (Å²) in [6.07, 6.45) is 19.6. The molecular formula is C52H76N12. The average molecular weight is 869 g/mol. The number of pyridine rings is 4. The lowest BCUT2D eigenvalue weighted by atomic mass is 9.90. The van der Waals surface area contributed by atoms with Gasteiger partial charge >= 0.3 is 0 Å². The van der Waals surface area contributed by atoms with Crippen LogP contribution in [0.2, 0.25) is 0 Å². The van der Waals surface area contributed by atoms with Gasteiger partial charge in [-0.25, -0.2) is 0 Å². The normalized spacial score (nSPS) is 29.8. The van der Waals surface area contributed by atoms with Crippen LogP contribution in [-0.4, -0.2) is 68.3 Å². The molecule has 0 aromatic carbocycles. The van der Waals surface area contributed by atoms with Crippen LogP contribution in [0.4, 0.5) is 0 Å². The first-order valence-electron chi connectivity index (χ1n) is 25.3. The van der Waals surface area contributed by atoms with Gasteiger partial charge in [-0.1, -0.05) is 75.6 Å². The summed E-state index contributed by atoms with van der Waals surface area (Å²) in [4.78, 5) is 20.5. The van der Waals surface area contributed by atoms with Crippen LogP contribution in [0, 0.1) is 0 Å². The monoisotopic (exact) mass is 869 g/mol. The topological polar surface area (TPSA) is 148 Å². The van der Waals surface area contributed by atoms with Crippen molar-refractivity contribution < 1.29 is 0 Å². The zero-order valence-corrected chi connectivity index (χ0v) is 38.3. The maximum atomic E-state index is 5.13. The minimum absolute atomic E-state index is 0.411. The van der Waals surface area contributed by atoms with E-state index in [0.29, 0.717) is 48.3 Å². The smallest absolute Gasteiger partial charge is 0.0545 e. The first-order chi connectivity index (χ1) is 31.7. The summed E-state index contributed by atoms with van der Waals surface area (Å²) in [5.74, 6) is 0. The third kappa shape index (κ3) is 13.2. The molecule has 5 heterocycles. The third-order valence-electron chi connectivity index (χ3n) is 14.9. The molecule has 4 saturated carbocycles. The molecule has 4 aliphatic carbocycles. The van der Waals surface area contributed by atoms with Crippen molar-refractivity contribution in [3.63, 3.8) is 0 Å². The fourth-order valence-electron chi connectivity index (χ4n) is 11.3. The van der Waals surface area contributed by atoms with Crippen LogP contribution in [0.1, 0.15) is 148 Å². The molecule has 0 radical (unpaired) electrons. The van der Waals surface area contributed by atoms with Gasteiger partial charge in [0.1, 0.15) is 0 Å². The Hall–Kier alpha value is -3.72. The second kappa shape index (κ2) is 23.6. The van der Waals surface area contributed by atoms with Crippen molar-refractivity contribution in [2.45, 2.75) is 203 Å². The number of rotatable bonds is 0. The predicted molar refractivity (Wildman–Crippen MR) is 256 cm³/mol. The Balaban J connectivity index is 0.880. The molecule has 5 aliphatic rings. The van der Waals surface area contributed by atoms with Crippen LogP contribution in [0.3, 0.4) is 0 Å². The molecule has 8 atom stereocenters. The second-order valence-corrected chi connectivity index (χ2v) is 19.5. The van der Waals surface area contributed by atoms with Gasteiger partial charge in [-0.3, -0.25) is 19.9 Å². The number of hydrogen-bond acceptors (Lipinski definition) is 12. The van der Waals surface area contributed by atoms with Gasteiger partial charge in [0.05, 0.1) is 45.6 Å². The first-order valence-corrected chi connectivity index (χ1v) is 25.3. The lowest BCUT2D eigenvalue weighted by Gasteiger charge is -2.34. The summed E-state index contributed by atoms with van der Waals surface area (Å²) in [5, 5.41) is 31.3. The molecule has 4 aromatic heterocycles. The van der Waals surface area contributed by atoms with Crippen molar-refractivity contribution in [2.75, 3.05) is 0 Å². The second-order valence-electron chi connectivity index (χ2n) is 19.5. The molecule has 0 amide bonds. The maximum absolute atomic E-state index is 5.13. The van der Waals surface area contributed by atoms with Crippen LogP contribution >= 0.6 is 0 Å². The number of nitrogens with zero attached hydrogens (tertiary/aromatic N) is 4. The van der Waals surface area contributed by atoms with Crippen LogP contribution in [0.25, 0.3) is 0 Å². The quantitative estimate of drug-likeness (QED) is 0.0998. The minimum Gasteiger partial charge on any atom is -0.307 e. The number of hydrogen-bond donors (Lipinski definition) is 8. The molecule has 64 heavy (non-hydrogen) atoms. The molecule has 8 N–H and O–H groups in total. The zero-order chi connectivity index (χ0) is 43.2. The van der Waals surface area contributed by atoms with E-state index in [1.54, 1.807) is 0 Å². The van der Waals surface area contributed by atoms with E-state index in [1.807, 2.05) is 0 Å². The third-order valence-corrected chi connectivity index (χ3v) is 14.9. The standard InChI is InChI=1S/C52H76N12/c1-2-22-46-45(21-1)53-29-37-13-9-15-39(61-37)31-55-47-23-3-4-24-48(47)57-33-41-17-11-19-43(63-41)35-59-51-27-7-8-28-52(51)60-36-44-20-12-18-42(64-44)34-58-50-26-6-5-25-49(50)56-32-40-16-10-14-38(62-40)30-54-46/h9-20,45-60H,1-8,21-36H2/t45-,46-,47-,48+,49-,50+,51-,52-/m0/s1. The first kappa shape index (κ1) is 45.4. The molecular weight excluding hydrogens is 793 g/mol. The summed E-state index contributed by atoms with van der Waals surface area (Å²) in [6.45, 7) is 6.25. The zero-order valence-electron chi connectivity index (χ0n) is 38.3. The van der Waals surface area contributed by atoms with E-state index in [2.05, 4.69) is 115 Å². The highest BCUT2D eigenvalue weighted by molar-refractivity contribution is 5.16. The summed E-state index contributed by atoms with van der Waals surface area (Å²) in [7, 11) is 0. The molecule has 0 spiro atoms. The Labute approximate surface area is 383 Å². The largest absolute Gasteiger partial charge is 0.307 e. The lowest BCUT2D eigenvalue weighted by molar-refractivity contribution is 0.276. The molecule has 4 aromatic rings. The highest BCUT2D eigenvalue weighted by Gasteiger charge is 2.28. The van der Waals surface area contributed by atoms with Gasteiger partial charge < -0.3 is 42.5 Å². The van der Waals surface area contributed by atoms with E-state index in [-0.39, 0.29) is 0 Å². The van der Waals surface area contributed by atoms with Crippen molar-refractivity contribution in [3.8, 4) is 0 Å². The van der Waals surface area contributed by atoms with E-state index in [4.69, 9.17) is 19.9 Å². The van der Waals surface area contributed by atoms with Crippen molar-refractivity contribution in [3.05, 3.63) is 118 Å². The number of nitrogens with one attached hydrogen (secondary N) is 8. The van der Waals surface area contributed by atoms with Crippen LogP contribution in [-0.2, 0) is 52.4 Å². The Kier molecular flexibility index (Phi) is 16.8. The van der Waals surface area contributed by atoms with E-state index >= 15 is 0 Å². The lowest BCUT2D eigenvalue weighted by Crippen LogP contribution is -2.50. The van der Waals surface area contributed by atoms with E-state index in [9.17, 15) is 0 Å². The van der Waals surface area contributed by atoms with Crippen molar-refractivity contribution in [2.24, 2.45) is 0 Å².